The van der Waals surface area contributed by atoms with Crippen molar-refractivity contribution in [2.45, 2.75) is 15.9 Å². The summed E-state index contributed by atoms with van der Waals surface area (Å²) in [5.41, 5.74) is 4.35. The van der Waals surface area contributed by atoms with Gasteiger partial charge >= 0.3 is 166 Å². The van der Waals surface area contributed by atoms with Gasteiger partial charge < -0.3 is 0 Å². The quantitative estimate of drug-likeness (QED) is 0.334. The molecule has 5 rings (SSSR count). The van der Waals surface area contributed by atoms with Crippen LogP contribution in [0.1, 0.15) is 43.2 Å². The van der Waals surface area contributed by atoms with Crippen molar-refractivity contribution in [3.8, 4) is 0 Å². The van der Waals surface area contributed by atoms with Crippen molar-refractivity contribution >= 4 is 31.7 Å². The van der Waals surface area contributed by atoms with Crippen LogP contribution in [-0.2, 0) is 7.05 Å². The Bertz CT molecular complexity index is 1020. The van der Waals surface area contributed by atoms with Gasteiger partial charge in [0, 0.05) is 0 Å². The van der Waals surface area contributed by atoms with Gasteiger partial charge in [0.05, 0.1) is 0 Å². The number of nitrogens with zero attached hydrogens (tertiary/aromatic N) is 2. The number of halogens is 1. The summed E-state index contributed by atoms with van der Waals surface area (Å²) in [4.78, 5) is 19.6. The summed E-state index contributed by atoms with van der Waals surface area (Å²) in [6.07, 6.45) is 3.88. The summed E-state index contributed by atoms with van der Waals surface area (Å²) in [6.45, 7) is 0. The van der Waals surface area contributed by atoms with Crippen LogP contribution < -0.4 is 8.85 Å². The predicted molar refractivity (Wildman–Crippen MR) is 115 cm³/mol. The van der Waals surface area contributed by atoms with Crippen LogP contribution in [0, 0.1) is 0 Å². The molecule has 3 heterocycles. The molecule has 27 heavy (non-hydrogen) atoms. The first kappa shape index (κ1) is 16.8. The summed E-state index contributed by atoms with van der Waals surface area (Å²) in [5.74, 6) is 1.33. The van der Waals surface area contributed by atoms with Crippen molar-refractivity contribution in [3.05, 3.63) is 83.4 Å². The molecule has 0 aliphatic carbocycles. The Morgan fingerprint density at radius 1 is 1.11 bits per heavy atom. The first-order valence-electron chi connectivity index (χ1n) is 8.96. The van der Waals surface area contributed by atoms with Gasteiger partial charge in [-0.1, -0.05) is 0 Å². The normalized spacial score (nSPS) is 24.7. The molecule has 3 aromatic rings. The van der Waals surface area contributed by atoms with Crippen LogP contribution in [0.5, 0.6) is 0 Å². The second-order valence-electron chi connectivity index (χ2n) is 7.06. The average Bonchev–Trinajstić information content (AvgIpc) is 3.11. The number of hydrogen-bond donors (Lipinski definition) is 2. The minimum atomic E-state index is -1.76. The molecule has 2 aliphatic heterocycles. The van der Waals surface area contributed by atoms with Crippen molar-refractivity contribution in [2.24, 2.45) is 7.05 Å². The van der Waals surface area contributed by atoms with Crippen molar-refractivity contribution in [1.82, 2.24) is 13.1 Å². The van der Waals surface area contributed by atoms with E-state index in [2.05, 4.69) is 55.7 Å². The topological polar surface area (TPSA) is 59.0 Å². The van der Waals surface area contributed by atoms with E-state index in [1.807, 2.05) is 30.6 Å². The Morgan fingerprint density at radius 3 is 2.67 bits per heavy atom. The van der Waals surface area contributed by atoms with Gasteiger partial charge in [-0.3, -0.25) is 0 Å². The van der Waals surface area contributed by atoms with Crippen LogP contribution in [0.3, 0.4) is 0 Å². The molecule has 5 nitrogen and oxygen atoms in total. The molecule has 1 amide bonds. The number of carbonyl (C=O) groups excluding carboxylic acids is 1. The molecule has 0 saturated heterocycles. The number of aryl methyl sites for hydroxylation is 1. The zero-order chi connectivity index (χ0) is 18.5. The number of alkyl halides is 2. The van der Waals surface area contributed by atoms with Crippen molar-refractivity contribution in [1.29, 1.82) is 0 Å². The summed E-state index contributed by atoms with van der Waals surface area (Å²) in [6, 6.07) is 16.7. The molecule has 6 heteroatoms. The number of carbonyl (C=O) groups is 1. The Labute approximate surface area is 165 Å². The third-order valence-corrected chi connectivity index (χ3v) is 10.3. The van der Waals surface area contributed by atoms with E-state index in [1.165, 1.54) is 11.1 Å². The summed E-state index contributed by atoms with van der Waals surface area (Å²) >= 11 is -1.76. The van der Waals surface area contributed by atoms with E-state index in [4.69, 9.17) is 4.98 Å². The maximum absolute atomic E-state index is 12.6. The Morgan fingerprint density at radius 2 is 1.93 bits per heavy atom. The molecule has 3 unspecified atom stereocenters. The Balaban J connectivity index is 1.76. The molecule has 0 fully saturated rings. The van der Waals surface area contributed by atoms with Crippen molar-refractivity contribution in [2.75, 3.05) is 10.2 Å². The fraction of sp³-hybridized carbons (Fsp3) is 0.238. The molecule has 2 aromatic carbocycles. The fourth-order valence-corrected chi connectivity index (χ4v) is 9.24. The van der Waals surface area contributed by atoms with Crippen molar-refractivity contribution in [3.63, 3.8) is 0 Å². The number of benzene rings is 2. The number of hydrogen-bond acceptors (Lipinski definition) is 3. The first-order valence-corrected chi connectivity index (χ1v) is 13.4. The van der Waals surface area contributed by atoms with Gasteiger partial charge in [0.1, 0.15) is 0 Å². The summed E-state index contributed by atoms with van der Waals surface area (Å²) in [7, 11) is 2.06. The average molecular weight is 472 g/mol. The van der Waals surface area contributed by atoms with Gasteiger partial charge in [-0.05, 0) is 0 Å². The number of anilines is 1. The van der Waals surface area contributed by atoms with E-state index >= 15 is 0 Å². The van der Waals surface area contributed by atoms with Crippen LogP contribution in [-0.4, -0.2) is 20.4 Å². The molecule has 0 radical (unpaired) electrons. The van der Waals surface area contributed by atoms with Crippen LogP contribution in [0.25, 0.3) is 0 Å². The van der Waals surface area contributed by atoms with E-state index < -0.39 is 20.1 Å². The predicted octanol–water partition coefficient (Wildman–Crippen LogP) is 4.21. The minimum absolute atomic E-state index is 0.0781. The number of amides is 1. The molecule has 2 aliphatic rings. The summed E-state index contributed by atoms with van der Waals surface area (Å²) < 4.78 is 5.77. The number of aromatic nitrogens is 2. The van der Waals surface area contributed by atoms with Crippen LogP contribution in [0.4, 0.5) is 5.69 Å². The second-order valence-corrected chi connectivity index (χ2v) is 11.9. The van der Waals surface area contributed by atoms with E-state index in [0.29, 0.717) is 3.92 Å². The Hall–Kier alpha value is -2.35. The van der Waals surface area contributed by atoms with Gasteiger partial charge in [0.2, 0.25) is 0 Å². The van der Waals surface area contributed by atoms with Crippen LogP contribution >= 0.6 is 20.1 Å². The van der Waals surface area contributed by atoms with E-state index in [9.17, 15) is 4.79 Å². The molecule has 0 saturated carbocycles. The molecule has 3 atom stereocenters. The third-order valence-electron chi connectivity index (χ3n) is 5.51. The Kier molecular flexibility index (Phi) is 3.96. The van der Waals surface area contributed by atoms with E-state index in [1.54, 1.807) is 0 Å². The molecule has 0 spiro atoms. The monoisotopic (exact) mass is 472 g/mol. The first-order chi connectivity index (χ1) is 13.1. The zero-order valence-electron chi connectivity index (χ0n) is 15.2. The van der Waals surface area contributed by atoms with E-state index in [0.717, 1.165) is 17.1 Å². The zero-order valence-corrected chi connectivity index (χ0v) is 17.3. The van der Waals surface area contributed by atoms with Crippen LogP contribution in [0.2, 0.25) is 0 Å². The molecule has 2 N–H and O–H groups in total. The number of imidazole rings is 1. The van der Waals surface area contributed by atoms with Gasteiger partial charge in [0.25, 0.3) is 0 Å². The number of nitrogens with one attached hydrogen (secondary N) is 2. The molecule has 138 valence electrons. The van der Waals surface area contributed by atoms with Crippen molar-refractivity contribution < 1.29 is 4.79 Å². The fourth-order valence-electron chi connectivity index (χ4n) is 4.33. The van der Waals surface area contributed by atoms with Gasteiger partial charge in [-0.15, -0.1) is 0 Å². The molecule has 0 bridgehead atoms. The molecule has 1 aromatic heterocycles. The van der Waals surface area contributed by atoms with Gasteiger partial charge in [-0.2, -0.15) is 0 Å². The maximum atomic E-state index is 12.6. The van der Waals surface area contributed by atoms with Crippen LogP contribution in [0.15, 0.2) is 60.9 Å². The second kappa shape index (κ2) is 6.37. The molecular formula is C21H21IN4O. The summed E-state index contributed by atoms with van der Waals surface area (Å²) in [5, 5.41) is 3.75. The third kappa shape index (κ3) is 2.57. The molecular weight excluding hydrogens is 451 g/mol. The SMILES string of the molecule is Cn1ccnc1C1C(c2ccccc2)Nc2cccc3c2C1I(C)NC3=O. The van der Waals surface area contributed by atoms with E-state index in [-0.39, 0.29) is 17.9 Å². The standard InChI is InChI=1S/C21H21IN4O/c1-22-18-16-14(21(27)25-22)9-6-10-15(16)24-19(13-7-4-3-5-8-13)17(18)20-23-11-12-26(20)2/h3-12,17-19,24H,1-2H3,(H,25,27). The number of rotatable bonds is 2. The van der Waals surface area contributed by atoms with Gasteiger partial charge in [-0.25, -0.2) is 0 Å². The van der Waals surface area contributed by atoms with Gasteiger partial charge in [0.15, 0.2) is 0 Å².